The van der Waals surface area contributed by atoms with Crippen molar-refractivity contribution in [2.24, 2.45) is 0 Å². The zero-order valence-corrected chi connectivity index (χ0v) is 15.7. The number of hydrogen-bond acceptors (Lipinski definition) is 3. The van der Waals surface area contributed by atoms with Crippen LogP contribution in [-0.4, -0.2) is 46.9 Å². The lowest BCUT2D eigenvalue weighted by Crippen LogP contribution is -2.40. The van der Waals surface area contributed by atoms with Crippen molar-refractivity contribution < 1.29 is 9.53 Å². The Hall–Kier alpha value is -2.92. The van der Waals surface area contributed by atoms with Gasteiger partial charge in [-0.3, -0.25) is 4.79 Å². The van der Waals surface area contributed by atoms with Crippen LogP contribution >= 0.6 is 0 Å². The third kappa shape index (κ3) is 3.51. The van der Waals surface area contributed by atoms with E-state index in [-0.39, 0.29) is 5.91 Å². The number of hydrogen-bond donors (Lipinski definition) is 0. The second-order valence-electron chi connectivity index (χ2n) is 6.89. The lowest BCUT2D eigenvalue weighted by atomic mass is 10.00. The number of amides is 1. The van der Waals surface area contributed by atoms with Crippen LogP contribution in [0, 0.1) is 13.8 Å². The predicted molar refractivity (Wildman–Crippen MR) is 105 cm³/mol. The Bertz CT molecular complexity index is 957. The Morgan fingerprint density at radius 1 is 1.04 bits per heavy atom. The van der Waals surface area contributed by atoms with E-state index in [1.165, 1.54) is 5.56 Å². The van der Waals surface area contributed by atoms with Gasteiger partial charge in [-0.25, -0.2) is 4.68 Å². The summed E-state index contributed by atoms with van der Waals surface area (Å²) in [4.78, 5) is 15.1. The van der Waals surface area contributed by atoms with Gasteiger partial charge in [0.05, 0.1) is 24.5 Å². The minimum Gasteiger partial charge on any atom is -0.378 e. The van der Waals surface area contributed by atoms with Crippen molar-refractivity contribution in [2.75, 3.05) is 26.3 Å². The molecule has 1 aliphatic rings. The van der Waals surface area contributed by atoms with E-state index in [2.05, 4.69) is 32.0 Å². The molecule has 0 unspecified atom stereocenters. The quantitative estimate of drug-likeness (QED) is 0.716. The molecule has 0 saturated carbocycles. The van der Waals surface area contributed by atoms with Gasteiger partial charge in [0.1, 0.15) is 5.69 Å². The number of benzene rings is 2. The summed E-state index contributed by atoms with van der Waals surface area (Å²) in [6.07, 6.45) is 1.85. The molecule has 2 aromatic carbocycles. The standard InChI is InChI=1S/C22H23N3O2/c1-16-8-9-19(17(2)14-16)21-20(22(26)24-10-12-27-13-11-24)15-25(23-21)18-6-4-3-5-7-18/h3-9,14-15H,10-13H2,1-2H3. The first-order chi connectivity index (χ1) is 13.1. The topological polar surface area (TPSA) is 47.4 Å². The highest BCUT2D eigenvalue weighted by Gasteiger charge is 2.25. The zero-order chi connectivity index (χ0) is 18.8. The van der Waals surface area contributed by atoms with E-state index in [1.54, 1.807) is 4.68 Å². The van der Waals surface area contributed by atoms with Crippen LogP contribution < -0.4 is 0 Å². The van der Waals surface area contributed by atoms with E-state index in [0.717, 1.165) is 22.5 Å². The number of nitrogens with zero attached hydrogens (tertiary/aromatic N) is 3. The van der Waals surface area contributed by atoms with Gasteiger partial charge in [0.25, 0.3) is 5.91 Å². The minimum atomic E-state index is 0.00968. The van der Waals surface area contributed by atoms with Crippen molar-refractivity contribution in [1.82, 2.24) is 14.7 Å². The molecule has 0 aliphatic carbocycles. The second kappa shape index (κ2) is 7.37. The van der Waals surface area contributed by atoms with Gasteiger partial charge in [0.2, 0.25) is 0 Å². The molecule has 1 amide bonds. The molecule has 3 aromatic rings. The molecule has 0 radical (unpaired) electrons. The fraction of sp³-hybridized carbons (Fsp3) is 0.273. The number of aromatic nitrogens is 2. The van der Waals surface area contributed by atoms with E-state index in [0.29, 0.717) is 31.9 Å². The fourth-order valence-corrected chi connectivity index (χ4v) is 3.46. The van der Waals surface area contributed by atoms with Gasteiger partial charge in [0.15, 0.2) is 0 Å². The predicted octanol–water partition coefficient (Wildman–Crippen LogP) is 3.63. The maximum atomic E-state index is 13.2. The molecule has 5 nitrogen and oxygen atoms in total. The van der Waals surface area contributed by atoms with Crippen LogP contribution in [0.1, 0.15) is 21.5 Å². The lowest BCUT2D eigenvalue weighted by Gasteiger charge is -2.26. The molecule has 27 heavy (non-hydrogen) atoms. The monoisotopic (exact) mass is 361 g/mol. The van der Waals surface area contributed by atoms with Crippen molar-refractivity contribution >= 4 is 5.91 Å². The average molecular weight is 361 g/mol. The Morgan fingerprint density at radius 3 is 2.48 bits per heavy atom. The Morgan fingerprint density at radius 2 is 1.78 bits per heavy atom. The first-order valence-electron chi connectivity index (χ1n) is 9.23. The van der Waals surface area contributed by atoms with Crippen LogP contribution in [0.3, 0.4) is 0 Å². The van der Waals surface area contributed by atoms with Crippen LogP contribution in [0.4, 0.5) is 0 Å². The van der Waals surface area contributed by atoms with Crippen LogP contribution in [0.15, 0.2) is 54.7 Å². The molecule has 2 heterocycles. The Labute approximate surface area is 159 Å². The lowest BCUT2D eigenvalue weighted by molar-refractivity contribution is 0.0303. The number of ether oxygens (including phenoxy) is 1. The van der Waals surface area contributed by atoms with Crippen molar-refractivity contribution in [1.29, 1.82) is 0 Å². The second-order valence-corrected chi connectivity index (χ2v) is 6.89. The summed E-state index contributed by atoms with van der Waals surface area (Å²) in [5.41, 5.74) is 5.60. The highest BCUT2D eigenvalue weighted by molar-refractivity contribution is 6.00. The van der Waals surface area contributed by atoms with Gasteiger partial charge in [0, 0.05) is 24.8 Å². The van der Waals surface area contributed by atoms with Crippen LogP contribution in [0.25, 0.3) is 16.9 Å². The van der Waals surface area contributed by atoms with E-state index in [1.807, 2.05) is 41.4 Å². The number of rotatable bonds is 3. The molecule has 1 fully saturated rings. The molecular weight excluding hydrogens is 338 g/mol. The first kappa shape index (κ1) is 17.5. The summed E-state index contributed by atoms with van der Waals surface area (Å²) in [6.45, 7) is 6.52. The summed E-state index contributed by atoms with van der Waals surface area (Å²) in [6, 6.07) is 16.1. The number of morpholine rings is 1. The van der Waals surface area contributed by atoms with Gasteiger partial charge in [-0.15, -0.1) is 0 Å². The Balaban J connectivity index is 1.82. The molecule has 138 valence electrons. The highest BCUT2D eigenvalue weighted by atomic mass is 16.5. The maximum Gasteiger partial charge on any atom is 0.257 e. The van der Waals surface area contributed by atoms with Gasteiger partial charge in [-0.1, -0.05) is 42.0 Å². The fourth-order valence-electron chi connectivity index (χ4n) is 3.46. The molecule has 0 bridgehead atoms. The zero-order valence-electron chi connectivity index (χ0n) is 15.7. The summed E-state index contributed by atoms with van der Waals surface area (Å²) < 4.78 is 7.19. The number of carbonyl (C=O) groups is 1. The third-order valence-corrected chi connectivity index (χ3v) is 4.90. The molecule has 1 saturated heterocycles. The molecule has 4 rings (SSSR count). The largest absolute Gasteiger partial charge is 0.378 e. The van der Waals surface area contributed by atoms with Crippen molar-refractivity contribution in [2.45, 2.75) is 13.8 Å². The highest BCUT2D eigenvalue weighted by Crippen LogP contribution is 2.28. The number of carbonyl (C=O) groups excluding carboxylic acids is 1. The SMILES string of the molecule is Cc1ccc(-c2nn(-c3ccccc3)cc2C(=O)N2CCOCC2)c(C)c1. The van der Waals surface area contributed by atoms with Crippen molar-refractivity contribution in [3.05, 3.63) is 71.4 Å². The average Bonchev–Trinajstić information content (AvgIpc) is 3.14. The first-order valence-corrected chi connectivity index (χ1v) is 9.23. The van der Waals surface area contributed by atoms with Gasteiger partial charge >= 0.3 is 0 Å². The smallest absolute Gasteiger partial charge is 0.257 e. The molecule has 0 spiro atoms. The number of para-hydroxylation sites is 1. The van der Waals surface area contributed by atoms with E-state index >= 15 is 0 Å². The van der Waals surface area contributed by atoms with Crippen LogP contribution in [-0.2, 0) is 4.74 Å². The van der Waals surface area contributed by atoms with Crippen LogP contribution in [0.2, 0.25) is 0 Å². The normalized spacial score (nSPS) is 14.4. The van der Waals surface area contributed by atoms with Crippen molar-refractivity contribution in [3.63, 3.8) is 0 Å². The Kier molecular flexibility index (Phi) is 4.77. The molecule has 1 aromatic heterocycles. The maximum absolute atomic E-state index is 13.2. The number of aryl methyl sites for hydroxylation is 2. The van der Waals surface area contributed by atoms with Gasteiger partial charge in [-0.2, -0.15) is 5.10 Å². The van der Waals surface area contributed by atoms with Gasteiger partial charge in [-0.05, 0) is 31.5 Å². The minimum absolute atomic E-state index is 0.00968. The molecule has 0 N–H and O–H groups in total. The summed E-state index contributed by atoms with van der Waals surface area (Å²) >= 11 is 0. The van der Waals surface area contributed by atoms with E-state index in [9.17, 15) is 4.79 Å². The molecular formula is C22H23N3O2. The summed E-state index contributed by atoms with van der Waals surface area (Å²) in [7, 11) is 0. The molecule has 5 heteroatoms. The van der Waals surface area contributed by atoms with Gasteiger partial charge < -0.3 is 9.64 Å². The van der Waals surface area contributed by atoms with Crippen LogP contribution in [0.5, 0.6) is 0 Å². The molecule has 0 atom stereocenters. The molecule has 1 aliphatic heterocycles. The van der Waals surface area contributed by atoms with E-state index in [4.69, 9.17) is 9.84 Å². The summed E-state index contributed by atoms with van der Waals surface area (Å²) in [5.74, 6) is 0.00968. The van der Waals surface area contributed by atoms with E-state index < -0.39 is 0 Å². The summed E-state index contributed by atoms with van der Waals surface area (Å²) in [5, 5.41) is 4.80. The third-order valence-electron chi connectivity index (χ3n) is 4.90. The van der Waals surface area contributed by atoms with Crippen molar-refractivity contribution in [3.8, 4) is 16.9 Å².